The van der Waals surface area contributed by atoms with Crippen LogP contribution in [0.25, 0.3) is 0 Å². The molecule has 0 saturated heterocycles. The van der Waals surface area contributed by atoms with Crippen LogP contribution in [0.15, 0.2) is 36.4 Å². The number of likely N-dealkylation sites (N-methyl/N-ethyl adjacent to an activating group) is 1. The molecule has 8 heteroatoms. The van der Waals surface area contributed by atoms with E-state index < -0.39 is 5.54 Å². The maximum Gasteiger partial charge on any atom is 0.272 e. The van der Waals surface area contributed by atoms with Crippen molar-refractivity contribution >= 4 is 17.7 Å². The molecule has 1 aliphatic heterocycles. The lowest BCUT2D eigenvalue weighted by atomic mass is 9.96. The Kier molecular flexibility index (Phi) is 6.24. The highest BCUT2D eigenvalue weighted by Crippen LogP contribution is 2.26. The predicted octanol–water partition coefficient (Wildman–Crippen LogP) is 1.82. The highest BCUT2D eigenvalue weighted by atomic mass is 16.2. The molecule has 1 atom stereocenters. The van der Waals surface area contributed by atoms with E-state index in [0.717, 1.165) is 12.0 Å². The maximum atomic E-state index is 13.0. The van der Waals surface area contributed by atoms with Crippen molar-refractivity contribution in [1.82, 2.24) is 25.3 Å². The monoisotopic (exact) mass is 411 g/mol. The fourth-order valence-electron chi connectivity index (χ4n) is 3.37. The van der Waals surface area contributed by atoms with Crippen LogP contribution in [-0.2, 0) is 17.9 Å². The van der Waals surface area contributed by atoms with Gasteiger partial charge in [0.1, 0.15) is 11.2 Å². The third-order valence-electron chi connectivity index (χ3n) is 5.53. The summed E-state index contributed by atoms with van der Waals surface area (Å²) < 4.78 is 1.46. The summed E-state index contributed by atoms with van der Waals surface area (Å²) in [6.45, 7) is 6.96. The second-order valence-corrected chi connectivity index (χ2v) is 8.32. The minimum Gasteiger partial charge on any atom is -0.351 e. The van der Waals surface area contributed by atoms with Crippen molar-refractivity contribution in [2.75, 3.05) is 13.6 Å². The van der Waals surface area contributed by atoms with E-state index in [4.69, 9.17) is 0 Å². The van der Waals surface area contributed by atoms with Gasteiger partial charge in [0.2, 0.25) is 5.91 Å². The zero-order chi connectivity index (χ0) is 21.9. The lowest BCUT2D eigenvalue weighted by molar-refractivity contribution is -0.132. The van der Waals surface area contributed by atoms with Gasteiger partial charge >= 0.3 is 0 Å². The standard InChI is InChI=1S/C22H29N5O3/c1-15(2)10-11-23-19(28)17-12-18-20(29)26(4)22(3,14-27(18)25-17)21(30)24-13-16-8-6-5-7-9-16/h5-9,12,15H,10-11,13-14H2,1-4H3,(H,23,28)(H,24,30). The summed E-state index contributed by atoms with van der Waals surface area (Å²) in [5, 5.41) is 10.0. The summed E-state index contributed by atoms with van der Waals surface area (Å²) in [5.41, 5.74) is 0.347. The van der Waals surface area contributed by atoms with Gasteiger partial charge in [0.05, 0.1) is 6.54 Å². The molecule has 0 aliphatic carbocycles. The van der Waals surface area contributed by atoms with Crippen molar-refractivity contribution in [2.45, 2.75) is 45.8 Å². The van der Waals surface area contributed by atoms with E-state index in [-0.39, 0.29) is 30.0 Å². The first-order valence-electron chi connectivity index (χ1n) is 10.2. The Hall–Kier alpha value is -3.16. The summed E-state index contributed by atoms with van der Waals surface area (Å²) in [6.07, 6.45) is 0.862. The Morgan fingerprint density at radius 2 is 1.90 bits per heavy atom. The Morgan fingerprint density at radius 1 is 1.20 bits per heavy atom. The molecule has 1 aromatic carbocycles. The number of carbonyl (C=O) groups excluding carboxylic acids is 3. The van der Waals surface area contributed by atoms with E-state index in [1.807, 2.05) is 30.3 Å². The molecular weight excluding hydrogens is 382 g/mol. The molecule has 0 fully saturated rings. The molecule has 8 nitrogen and oxygen atoms in total. The van der Waals surface area contributed by atoms with Crippen molar-refractivity contribution in [2.24, 2.45) is 5.92 Å². The number of nitrogens with zero attached hydrogens (tertiary/aromatic N) is 3. The van der Waals surface area contributed by atoms with E-state index in [1.54, 1.807) is 14.0 Å². The van der Waals surface area contributed by atoms with Crippen LogP contribution in [0.1, 0.15) is 53.7 Å². The van der Waals surface area contributed by atoms with Crippen molar-refractivity contribution in [3.63, 3.8) is 0 Å². The summed E-state index contributed by atoms with van der Waals surface area (Å²) >= 11 is 0. The topological polar surface area (TPSA) is 96.3 Å². The maximum absolute atomic E-state index is 13.0. The Balaban J connectivity index is 1.73. The van der Waals surface area contributed by atoms with Gasteiger partial charge in [-0.25, -0.2) is 0 Å². The van der Waals surface area contributed by atoms with Crippen LogP contribution in [0.5, 0.6) is 0 Å². The zero-order valence-corrected chi connectivity index (χ0v) is 17.9. The second-order valence-electron chi connectivity index (χ2n) is 8.32. The molecule has 30 heavy (non-hydrogen) atoms. The first-order chi connectivity index (χ1) is 14.2. The number of hydrogen-bond acceptors (Lipinski definition) is 4. The quantitative estimate of drug-likeness (QED) is 0.726. The molecule has 1 aromatic heterocycles. The molecule has 0 radical (unpaired) electrons. The van der Waals surface area contributed by atoms with Crippen LogP contribution in [0.3, 0.4) is 0 Å². The molecule has 0 bridgehead atoms. The van der Waals surface area contributed by atoms with Crippen LogP contribution in [-0.4, -0.2) is 51.5 Å². The third-order valence-corrected chi connectivity index (χ3v) is 5.53. The normalized spacial score (nSPS) is 18.3. The number of benzene rings is 1. The van der Waals surface area contributed by atoms with Crippen LogP contribution >= 0.6 is 0 Å². The molecule has 3 rings (SSSR count). The van der Waals surface area contributed by atoms with E-state index in [2.05, 4.69) is 29.6 Å². The Labute approximate surface area is 176 Å². The number of carbonyl (C=O) groups is 3. The van der Waals surface area contributed by atoms with E-state index in [1.165, 1.54) is 15.6 Å². The van der Waals surface area contributed by atoms with Crippen LogP contribution in [0, 0.1) is 5.92 Å². The number of aromatic nitrogens is 2. The molecule has 0 saturated carbocycles. The van der Waals surface area contributed by atoms with Crippen molar-refractivity contribution in [3.8, 4) is 0 Å². The van der Waals surface area contributed by atoms with Gasteiger partial charge in [0.25, 0.3) is 11.8 Å². The summed E-state index contributed by atoms with van der Waals surface area (Å²) in [6, 6.07) is 11.1. The molecule has 1 aliphatic rings. The SMILES string of the molecule is CC(C)CCNC(=O)c1cc2n(n1)CC(C)(C(=O)NCc1ccccc1)N(C)C2=O. The average molecular weight is 412 g/mol. The van der Waals surface area contributed by atoms with E-state index >= 15 is 0 Å². The smallest absolute Gasteiger partial charge is 0.272 e. The van der Waals surface area contributed by atoms with Crippen LogP contribution < -0.4 is 10.6 Å². The number of fused-ring (bicyclic) bond motifs is 1. The Bertz CT molecular complexity index is 938. The molecule has 3 amide bonds. The first kappa shape index (κ1) is 21.5. The van der Waals surface area contributed by atoms with Crippen LogP contribution in [0.2, 0.25) is 0 Å². The molecule has 1 unspecified atom stereocenters. The van der Waals surface area contributed by atoms with Crippen molar-refractivity contribution in [1.29, 1.82) is 0 Å². The summed E-state index contributed by atoms with van der Waals surface area (Å²) in [5.74, 6) is -0.451. The summed E-state index contributed by atoms with van der Waals surface area (Å²) in [4.78, 5) is 39.7. The molecule has 0 spiro atoms. The highest BCUT2D eigenvalue weighted by Gasteiger charge is 2.46. The van der Waals surface area contributed by atoms with Crippen molar-refractivity contribution < 1.29 is 14.4 Å². The lowest BCUT2D eigenvalue weighted by Gasteiger charge is -2.40. The van der Waals surface area contributed by atoms with Crippen molar-refractivity contribution in [3.05, 3.63) is 53.3 Å². The fraction of sp³-hybridized carbons (Fsp3) is 0.455. The van der Waals surface area contributed by atoms with Gasteiger partial charge in [-0.2, -0.15) is 5.10 Å². The lowest BCUT2D eigenvalue weighted by Crippen LogP contribution is -2.62. The molecule has 2 aromatic rings. The van der Waals surface area contributed by atoms with Gasteiger partial charge < -0.3 is 15.5 Å². The van der Waals surface area contributed by atoms with Gasteiger partial charge in [0, 0.05) is 26.2 Å². The zero-order valence-electron chi connectivity index (χ0n) is 17.9. The minimum atomic E-state index is -1.11. The molecule has 2 N–H and O–H groups in total. The highest BCUT2D eigenvalue weighted by molar-refractivity contribution is 6.01. The number of hydrogen-bond donors (Lipinski definition) is 2. The van der Waals surface area contributed by atoms with Gasteiger partial charge in [-0.3, -0.25) is 19.1 Å². The van der Waals surface area contributed by atoms with E-state index in [0.29, 0.717) is 24.7 Å². The Morgan fingerprint density at radius 3 is 2.57 bits per heavy atom. The van der Waals surface area contributed by atoms with Crippen LogP contribution in [0.4, 0.5) is 0 Å². The fourth-order valence-corrected chi connectivity index (χ4v) is 3.37. The van der Waals surface area contributed by atoms with Gasteiger partial charge in [-0.15, -0.1) is 0 Å². The minimum absolute atomic E-state index is 0.171. The molecular formula is C22H29N5O3. The number of amides is 3. The third kappa shape index (κ3) is 4.37. The molecule has 160 valence electrons. The first-order valence-corrected chi connectivity index (χ1v) is 10.2. The summed E-state index contributed by atoms with van der Waals surface area (Å²) in [7, 11) is 1.60. The van der Waals surface area contributed by atoms with Gasteiger partial charge in [0.15, 0.2) is 5.69 Å². The van der Waals surface area contributed by atoms with E-state index in [9.17, 15) is 14.4 Å². The average Bonchev–Trinajstić information content (AvgIpc) is 3.14. The van der Waals surface area contributed by atoms with Gasteiger partial charge in [-0.05, 0) is 24.8 Å². The van der Waals surface area contributed by atoms with Gasteiger partial charge in [-0.1, -0.05) is 44.2 Å². The number of nitrogens with one attached hydrogen (secondary N) is 2. The second kappa shape index (κ2) is 8.69. The predicted molar refractivity (Wildman–Crippen MR) is 113 cm³/mol. The molecule has 2 heterocycles. The largest absolute Gasteiger partial charge is 0.351 e. The number of rotatable bonds is 7.